The van der Waals surface area contributed by atoms with Crippen LogP contribution in [0.1, 0.15) is 0 Å². The Hall–Kier alpha value is -0.480. The number of aromatic nitrogens is 1. The quantitative estimate of drug-likeness (QED) is 0.512. The van der Waals surface area contributed by atoms with Crippen molar-refractivity contribution >= 4 is 33.6 Å². The first-order valence-electron chi connectivity index (χ1n) is 3.43. The van der Waals surface area contributed by atoms with Crippen molar-refractivity contribution in [3.63, 3.8) is 0 Å². The van der Waals surface area contributed by atoms with Gasteiger partial charge in [0.15, 0.2) is 0 Å². The fourth-order valence-electron chi connectivity index (χ4n) is 0.699. The minimum atomic E-state index is 0.962. The number of pyridine rings is 1. The third kappa shape index (κ3) is 2.87. The summed E-state index contributed by atoms with van der Waals surface area (Å²) in [5.41, 5.74) is 0.962. The maximum Gasteiger partial charge on any atom is 0.130 e. The molecule has 2 nitrogen and oxygen atoms in total. The molecule has 64 valence electrons. The molecular formula is C8H10N2S2. The fraction of sp³-hybridized carbons (Fsp3) is 0.250. The van der Waals surface area contributed by atoms with E-state index in [-0.39, 0.29) is 0 Å². The first kappa shape index (κ1) is 9.61. The Balaban J connectivity index is 2.79. The predicted octanol–water partition coefficient (Wildman–Crippen LogP) is 2.80. The van der Waals surface area contributed by atoms with E-state index in [1.807, 2.05) is 24.6 Å². The summed E-state index contributed by atoms with van der Waals surface area (Å²) in [6, 6.07) is 3.79. The van der Waals surface area contributed by atoms with E-state index in [0.29, 0.717) is 0 Å². The van der Waals surface area contributed by atoms with Gasteiger partial charge in [-0.25, -0.2) is 4.99 Å². The van der Waals surface area contributed by atoms with E-state index in [1.165, 1.54) is 0 Å². The van der Waals surface area contributed by atoms with Crippen LogP contribution in [-0.4, -0.2) is 21.9 Å². The molecule has 1 aromatic heterocycles. The summed E-state index contributed by atoms with van der Waals surface area (Å²) in [4.78, 5) is 8.32. The van der Waals surface area contributed by atoms with Crippen molar-refractivity contribution in [3.05, 3.63) is 24.5 Å². The standard InChI is InChI=1S/C8H10N2S2/c1-11-8(12-2)10-7-3-5-9-6-4-7/h3-6H,1-2H3. The highest BCUT2D eigenvalue weighted by atomic mass is 32.2. The van der Waals surface area contributed by atoms with Gasteiger partial charge in [-0.05, 0) is 24.6 Å². The Bertz CT molecular complexity index is 253. The molecule has 0 radical (unpaired) electrons. The highest BCUT2D eigenvalue weighted by Crippen LogP contribution is 2.17. The van der Waals surface area contributed by atoms with Crippen LogP contribution in [0.2, 0.25) is 0 Å². The van der Waals surface area contributed by atoms with Gasteiger partial charge in [0.25, 0.3) is 0 Å². The van der Waals surface area contributed by atoms with E-state index in [4.69, 9.17) is 0 Å². The van der Waals surface area contributed by atoms with Crippen LogP contribution in [0.3, 0.4) is 0 Å². The van der Waals surface area contributed by atoms with Gasteiger partial charge in [-0.1, -0.05) is 0 Å². The van der Waals surface area contributed by atoms with E-state index in [9.17, 15) is 0 Å². The Kier molecular flexibility index (Phi) is 4.18. The summed E-state index contributed by atoms with van der Waals surface area (Å²) in [6.07, 6.45) is 7.54. The molecule has 0 aliphatic heterocycles. The predicted molar refractivity (Wildman–Crippen MR) is 58.4 cm³/mol. The lowest BCUT2D eigenvalue weighted by Gasteiger charge is -1.97. The smallest absolute Gasteiger partial charge is 0.130 e. The number of hydrogen-bond donors (Lipinski definition) is 0. The minimum absolute atomic E-state index is 0.962. The first-order chi connectivity index (χ1) is 5.86. The number of aliphatic imine (C=N–C) groups is 1. The molecule has 1 rings (SSSR count). The minimum Gasteiger partial charge on any atom is -0.265 e. The second-order valence-corrected chi connectivity index (χ2v) is 3.84. The Morgan fingerprint density at radius 1 is 1.25 bits per heavy atom. The summed E-state index contributed by atoms with van der Waals surface area (Å²) >= 11 is 3.31. The second-order valence-electron chi connectivity index (χ2n) is 1.99. The molecule has 0 fully saturated rings. The number of thioether (sulfide) groups is 2. The normalized spacial score (nSPS) is 9.50. The number of hydrogen-bond acceptors (Lipinski definition) is 4. The lowest BCUT2D eigenvalue weighted by atomic mass is 10.4. The third-order valence-electron chi connectivity index (χ3n) is 1.23. The Morgan fingerprint density at radius 3 is 2.33 bits per heavy atom. The summed E-state index contributed by atoms with van der Waals surface area (Å²) in [5, 5.41) is 0. The molecule has 0 aliphatic rings. The molecule has 0 aliphatic carbocycles. The fourth-order valence-corrected chi connectivity index (χ4v) is 1.76. The van der Waals surface area contributed by atoms with Gasteiger partial charge in [-0.15, -0.1) is 23.5 Å². The van der Waals surface area contributed by atoms with Gasteiger partial charge < -0.3 is 0 Å². The molecule has 0 atom stereocenters. The molecule has 1 heterocycles. The zero-order valence-electron chi connectivity index (χ0n) is 7.02. The molecule has 0 amide bonds. The van der Waals surface area contributed by atoms with E-state index in [1.54, 1.807) is 35.9 Å². The number of rotatable bonds is 1. The van der Waals surface area contributed by atoms with E-state index < -0.39 is 0 Å². The topological polar surface area (TPSA) is 25.2 Å². The van der Waals surface area contributed by atoms with Crippen LogP contribution in [0, 0.1) is 0 Å². The van der Waals surface area contributed by atoms with Crippen molar-refractivity contribution in [1.29, 1.82) is 0 Å². The highest BCUT2D eigenvalue weighted by molar-refractivity contribution is 8.38. The Labute approximate surface area is 80.9 Å². The van der Waals surface area contributed by atoms with Crippen LogP contribution in [-0.2, 0) is 0 Å². The molecule has 12 heavy (non-hydrogen) atoms. The van der Waals surface area contributed by atoms with Gasteiger partial charge in [-0.2, -0.15) is 0 Å². The average Bonchev–Trinajstić information content (AvgIpc) is 2.16. The summed E-state index contributed by atoms with van der Waals surface area (Å²) in [6.45, 7) is 0. The second kappa shape index (κ2) is 5.22. The molecule has 1 aromatic rings. The van der Waals surface area contributed by atoms with Gasteiger partial charge in [0.2, 0.25) is 0 Å². The van der Waals surface area contributed by atoms with Crippen LogP contribution >= 0.6 is 23.5 Å². The van der Waals surface area contributed by atoms with Crippen LogP contribution in [0.25, 0.3) is 0 Å². The van der Waals surface area contributed by atoms with E-state index >= 15 is 0 Å². The molecule has 0 unspecified atom stereocenters. The zero-order chi connectivity index (χ0) is 8.81. The van der Waals surface area contributed by atoms with Crippen molar-refractivity contribution in [3.8, 4) is 0 Å². The van der Waals surface area contributed by atoms with Crippen molar-refractivity contribution < 1.29 is 0 Å². The van der Waals surface area contributed by atoms with Crippen LogP contribution in [0.5, 0.6) is 0 Å². The zero-order valence-corrected chi connectivity index (χ0v) is 8.65. The SMILES string of the molecule is CSC(=Nc1ccncc1)SC. The maximum atomic E-state index is 4.40. The molecular weight excluding hydrogens is 188 g/mol. The summed E-state index contributed by atoms with van der Waals surface area (Å²) in [7, 11) is 0. The van der Waals surface area contributed by atoms with Gasteiger partial charge in [0, 0.05) is 12.4 Å². The van der Waals surface area contributed by atoms with Gasteiger partial charge in [0.1, 0.15) is 4.38 Å². The first-order valence-corrected chi connectivity index (χ1v) is 5.88. The largest absolute Gasteiger partial charge is 0.265 e. The van der Waals surface area contributed by atoms with E-state index in [2.05, 4.69) is 9.98 Å². The molecule has 0 saturated heterocycles. The monoisotopic (exact) mass is 198 g/mol. The molecule has 4 heteroatoms. The summed E-state index contributed by atoms with van der Waals surface area (Å²) < 4.78 is 1.07. The molecule has 0 N–H and O–H groups in total. The summed E-state index contributed by atoms with van der Waals surface area (Å²) in [5.74, 6) is 0. The van der Waals surface area contributed by atoms with E-state index in [0.717, 1.165) is 10.1 Å². The van der Waals surface area contributed by atoms with Crippen molar-refractivity contribution in [2.24, 2.45) is 4.99 Å². The van der Waals surface area contributed by atoms with Crippen LogP contribution in [0.15, 0.2) is 29.5 Å². The molecule has 0 spiro atoms. The highest BCUT2D eigenvalue weighted by Gasteiger charge is 1.93. The van der Waals surface area contributed by atoms with Gasteiger partial charge >= 0.3 is 0 Å². The maximum absolute atomic E-state index is 4.40. The molecule has 0 bridgehead atoms. The van der Waals surface area contributed by atoms with Gasteiger partial charge in [0.05, 0.1) is 5.69 Å². The molecule has 0 saturated carbocycles. The average molecular weight is 198 g/mol. The van der Waals surface area contributed by atoms with Crippen LogP contribution < -0.4 is 0 Å². The van der Waals surface area contributed by atoms with Crippen molar-refractivity contribution in [1.82, 2.24) is 4.98 Å². The van der Waals surface area contributed by atoms with Crippen molar-refractivity contribution in [2.45, 2.75) is 0 Å². The lowest BCUT2D eigenvalue weighted by molar-refractivity contribution is 1.32. The number of nitrogens with zero attached hydrogens (tertiary/aromatic N) is 2. The molecule has 0 aromatic carbocycles. The third-order valence-corrected chi connectivity index (χ3v) is 3.11. The van der Waals surface area contributed by atoms with Crippen molar-refractivity contribution in [2.75, 3.05) is 12.5 Å². The van der Waals surface area contributed by atoms with Crippen LogP contribution in [0.4, 0.5) is 5.69 Å². The van der Waals surface area contributed by atoms with Gasteiger partial charge in [-0.3, -0.25) is 4.98 Å². The Morgan fingerprint density at radius 2 is 1.83 bits per heavy atom. The lowest BCUT2D eigenvalue weighted by Crippen LogP contribution is -1.80.